The van der Waals surface area contributed by atoms with E-state index in [1.54, 1.807) is 0 Å². The predicted octanol–water partition coefficient (Wildman–Crippen LogP) is 5.19. The zero-order chi connectivity index (χ0) is 17.7. The first kappa shape index (κ1) is 18.6. The van der Waals surface area contributed by atoms with E-state index >= 15 is 0 Å². The highest BCUT2D eigenvalue weighted by molar-refractivity contribution is 14.1. The van der Waals surface area contributed by atoms with Crippen molar-refractivity contribution in [3.05, 3.63) is 63.2 Å². The zero-order valence-electron chi connectivity index (χ0n) is 14.2. The summed E-state index contributed by atoms with van der Waals surface area (Å²) in [6, 6.07) is 15.2. The summed E-state index contributed by atoms with van der Waals surface area (Å²) in [6.07, 6.45) is 0.400. The summed E-state index contributed by atoms with van der Waals surface area (Å²) in [6.45, 7) is 6.41. The molecule has 1 N–H and O–H groups in total. The SMILES string of the molecule is CC(C)(C)c1ccc(C(=O)CCC(=O)Nc2ccc(I)cc2)cc1. The fraction of sp³-hybridized carbons (Fsp3) is 0.300. The van der Waals surface area contributed by atoms with Crippen LogP contribution in [0, 0.1) is 3.57 Å². The van der Waals surface area contributed by atoms with E-state index in [9.17, 15) is 9.59 Å². The number of nitrogens with one attached hydrogen (secondary N) is 1. The number of hydrogen-bond acceptors (Lipinski definition) is 2. The minimum absolute atomic E-state index is 0.00628. The van der Waals surface area contributed by atoms with Crippen molar-refractivity contribution in [1.82, 2.24) is 0 Å². The molecule has 4 heteroatoms. The Kier molecular flexibility index (Phi) is 6.15. The highest BCUT2D eigenvalue weighted by Crippen LogP contribution is 2.22. The van der Waals surface area contributed by atoms with E-state index in [2.05, 4.69) is 48.7 Å². The van der Waals surface area contributed by atoms with Gasteiger partial charge in [-0.05, 0) is 57.8 Å². The lowest BCUT2D eigenvalue weighted by atomic mass is 9.86. The van der Waals surface area contributed by atoms with Crippen LogP contribution in [0.25, 0.3) is 0 Å². The number of ketones is 1. The fourth-order valence-corrected chi connectivity index (χ4v) is 2.64. The summed E-state index contributed by atoms with van der Waals surface area (Å²) in [7, 11) is 0. The smallest absolute Gasteiger partial charge is 0.224 e. The summed E-state index contributed by atoms with van der Waals surface area (Å²) >= 11 is 2.21. The third-order valence-corrected chi connectivity index (χ3v) is 4.50. The van der Waals surface area contributed by atoms with Crippen LogP contribution in [0.2, 0.25) is 0 Å². The molecule has 0 aliphatic rings. The van der Waals surface area contributed by atoms with Gasteiger partial charge in [0.15, 0.2) is 5.78 Å². The number of rotatable bonds is 5. The van der Waals surface area contributed by atoms with Gasteiger partial charge in [-0.25, -0.2) is 0 Å². The van der Waals surface area contributed by atoms with E-state index in [0.717, 1.165) is 9.26 Å². The lowest BCUT2D eigenvalue weighted by molar-refractivity contribution is -0.116. The number of halogens is 1. The van der Waals surface area contributed by atoms with Crippen LogP contribution in [0.1, 0.15) is 49.5 Å². The maximum atomic E-state index is 12.2. The molecule has 0 radical (unpaired) electrons. The minimum atomic E-state index is -0.143. The highest BCUT2D eigenvalue weighted by atomic mass is 127. The number of hydrogen-bond donors (Lipinski definition) is 1. The normalized spacial score (nSPS) is 11.2. The van der Waals surface area contributed by atoms with Gasteiger partial charge in [0.1, 0.15) is 0 Å². The molecule has 3 nitrogen and oxygen atoms in total. The number of amides is 1. The molecule has 2 aromatic carbocycles. The second-order valence-electron chi connectivity index (χ2n) is 6.81. The van der Waals surface area contributed by atoms with Gasteiger partial charge in [0.2, 0.25) is 5.91 Å². The molecule has 2 aromatic rings. The molecule has 0 fully saturated rings. The van der Waals surface area contributed by atoms with Crippen LogP contribution in [0.4, 0.5) is 5.69 Å². The second kappa shape index (κ2) is 7.92. The first-order valence-corrected chi connectivity index (χ1v) is 9.03. The largest absolute Gasteiger partial charge is 0.326 e. The van der Waals surface area contributed by atoms with Gasteiger partial charge in [0.05, 0.1) is 0 Å². The Morgan fingerprint density at radius 2 is 1.50 bits per heavy atom. The Hall–Kier alpha value is -1.69. The Balaban J connectivity index is 1.88. The van der Waals surface area contributed by atoms with Gasteiger partial charge in [-0.15, -0.1) is 0 Å². The van der Waals surface area contributed by atoms with Gasteiger partial charge in [-0.3, -0.25) is 9.59 Å². The summed E-state index contributed by atoms with van der Waals surface area (Å²) in [5.74, 6) is -0.149. The van der Waals surface area contributed by atoms with Crippen molar-refractivity contribution < 1.29 is 9.59 Å². The average molecular weight is 435 g/mol. The lowest BCUT2D eigenvalue weighted by Gasteiger charge is -2.18. The second-order valence-corrected chi connectivity index (χ2v) is 8.05. The molecule has 0 saturated heterocycles. The first-order valence-electron chi connectivity index (χ1n) is 7.95. The van der Waals surface area contributed by atoms with Crippen LogP contribution in [0.3, 0.4) is 0 Å². The molecule has 0 aliphatic carbocycles. The Morgan fingerprint density at radius 3 is 2.04 bits per heavy atom. The van der Waals surface area contributed by atoms with Gasteiger partial charge in [0, 0.05) is 27.7 Å². The minimum Gasteiger partial charge on any atom is -0.326 e. The summed E-state index contributed by atoms with van der Waals surface area (Å²) in [5.41, 5.74) is 2.66. The van der Waals surface area contributed by atoms with Crippen molar-refractivity contribution in [2.24, 2.45) is 0 Å². The standard InChI is InChI=1S/C20H22INO2/c1-20(2,3)15-6-4-14(5-7-15)18(23)12-13-19(24)22-17-10-8-16(21)9-11-17/h4-11H,12-13H2,1-3H3,(H,22,24). The lowest BCUT2D eigenvalue weighted by Crippen LogP contribution is -2.14. The third-order valence-electron chi connectivity index (χ3n) is 3.78. The van der Waals surface area contributed by atoms with Crippen molar-refractivity contribution in [3.63, 3.8) is 0 Å². The van der Waals surface area contributed by atoms with Crippen molar-refractivity contribution in [2.45, 2.75) is 39.0 Å². The van der Waals surface area contributed by atoms with Crippen LogP contribution in [-0.2, 0) is 10.2 Å². The molecule has 0 bridgehead atoms. The Labute approximate surface area is 157 Å². The Bertz CT molecular complexity index is 713. The molecule has 0 aromatic heterocycles. The predicted molar refractivity (Wildman–Crippen MR) is 106 cm³/mol. The van der Waals surface area contributed by atoms with E-state index in [1.165, 1.54) is 5.56 Å². The fourth-order valence-electron chi connectivity index (χ4n) is 2.28. The maximum absolute atomic E-state index is 12.2. The molecule has 1 amide bonds. The zero-order valence-corrected chi connectivity index (χ0v) is 16.4. The molecule has 0 unspecified atom stereocenters. The van der Waals surface area contributed by atoms with Gasteiger partial charge in [0.25, 0.3) is 0 Å². The number of Topliss-reactive ketones (excluding diaryl/α,β-unsaturated/α-hetero) is 1. The van der Waals surface area contributed by atoms with Crippen molar-refractivity contribution in [1.29, 1.82) is 0 Å². The summed E-state index contributed by atoms with van der Waals surface area (Å²) in [5, 5.41) is 2.81. The monoisotopic (exact) mass is 435 g/mol. The van der Waals surface area contributed by atoms with E-state index in [0.29, 0.717) is 5.56 Å². The number of carbonyl (C=O) groups is 2. The maximum Gasteiger partial charge on any atom is 0.224 e. The first-order chi connectivity index (χ1) is 11.3. The molecule has 0 aliphatic heterocycles. The van der Waals surface area contributed by atoms with Crippen LogP contribution >= 0.6 is 22.6 Å². The van der Waals surface area contributed by atoms with Gasteiger partial charge >= 0.3 is 0 Å². The van der Waals surface area contributed by atoms with Crippen molar-refractivity contribution >= 4 is 40.0 Å². The molecule has 24 heavy (non-hydrogen) atoms. The average Bonchev–Trinajstić information content (AvgIpc) is 2.54. The van der Waals surface area contributed by atoms with Crippen molar-refractivity contribution in [3.8, 4) is 0 Å². The highest BCUT2D eigenvalue weighted by Gasteiger charge is 2.15. The Morgan fingerprint density at radius 1 is 0.917 bits per heavy atom. The van der Waals surface area contributed by atoms with Crippen LogP contribution in [-0.4, -0.2) is 11.7 Å². The van der Waals surface area contributed by atoms with Crippen molar-refractivity contribution in [2.75, 3.05) is 5.32 Å². The molecule has 0 heterocycles. The van der Waals surface area contributed by atoms with Crippen LogP contribution in [0.5, 0.6) is 0 Å². The van der Waals surface area contributed by atoms with E-state index in [1.807, 2.05) is 48.5 Å². The molecule has 2 rings (SSSR count). The summed E-state index contributed by atoms with van der Waals surface area (Å²) < 4.78 is 1.11. The topological polar surface area (TPSA) is 46.2 Å². The molecule has 0 saturated carbocycles. The number of anilines is 1. The molecular formula is C20H22INO2. The van der Waals surface area contributed by atoms with Crippen LogP contribution in [0.15, 0.2) is 48.5 Å². The number of carbonyl (C=O) groups excluding carboxylic acids is 2. The van der Waals surface area contributed by atoms with Gasteiger partial charge in [-0.1, -0.05) is 45.0 Å². The van der Waals surface area contributed by atoms with Gasteiger partial charge < -0.3 is 5.32 Å². The van der Waals surface area contributed by atoms with E-state index < -0.39 is 0 Å². The molecule has 0 spiro atoms. The van der Waals surface area contributed by atoms with E-state index in [4.69, 9.17) is 0 Å². The van der Waals surface area contributed by atoms with Gasteiger partial charge in [-0.2, -0.15) is 0 Å². The summed E-state index contributed by atoms with van der Waals surface area (Å²) in [4.78, 5) is 24.2. The number of benzene rings is 2. The van der Waals surface area contributed by atoms with Crippen LogP contribution < -0.4 is 5.32 Å². The molecule has 126 valence electrons. The van der Waals surface area contributed by atoms with E-state index in [-0.39, 0.29) is 29.9 Å². The molecule has 0 atom stereocenters. The quantitative estimate of drug-likeness (QED) is 0.519. The molecular weight excluding hydrogens is 413 g/mol. The third kappa shape index (κ3) is 5.44.